The molecular weight excluding hydrogens is 550 g/mol. The van der Waals surface area contributed by atoms with Gasteiger partial charge in [-0.1, -0.05) is 133 Å². The van der Waals surface area contributed by atoms with Crippen LogP contribution >= 0.6 is 0 Å². The first-order valence-electron chi connectivity index (χ1n) is 15.0. The van der Waals surface area contributed by atoms with Crippen molar-refractivity contribution in [1.82, 2.24) is 15.0 Å². The summed E-state index contributed by atoms with van der Waals surface area (Å²) in [5.41, 5.74) is 6.62. The van der Waals surface area contributed by atoms with E-state index in [9.17, 15) is 0 Å². The minimum atomic E-state index is 0.600. The lowest BCUT2D eigenvalue weighted by atomic mass is 10.00. The maximum atomic E-state index is 6.55. The fourth-order valence-electron chi connectivity index (χ4n) is 6.27. The van der Waals surface area contributed by atoms with Crippen LogP contribution in [0.15, 0.2) is 156 Å². The fourth-order valence-corrected chi connectivity index (χ4v) is 6.27. The van der Waals surface area contributed by atoms with Gasteiger partial charge >= 0.3 is 0 Å². The van der Waals surface area contributed by atoms with Crippen molar-refractivity contribution < 1.29 is 4.42 Å². The smallest absolute Gasteiger partial charge is 0.164 e. The molecule has 0 amide bonds. The second-order valence-corrected chi connectivity index (χ2v) is 11.3. The molecule has 45 heavy (non-hydrogen) atoms. The highest BCUT2D eigenvalue weighted by atomic mass is 16.3. The van der Waals surface area contributed by atoms with E-state index < -0.39 is 0 Å². The Bertz CT molecular complexity index is 2540. The first-order chi connectivity index (χ1) is 22.3. The topological polar surface area (TPSA) is 51.8 Å². The minimum Gasteiger partial charge on any atom is -0.455 e. The van der Waals surface area contributed by atoms with Crippen LogP contribution in [0.4, 0.5) is 0 Å². The van der Waals surface area contributed by atoms with Gasteiger partial charge in [0.15, 0.2) is 17.5 Å². The summed E-state index contributed by atoms with van der Waals surface area (Å²) in [6, 6.07) is 52.2. The van der Waals surface area contributed by atoms with Gasteiger partial charge in [-0.2, -0.15) is 0 Å². The summed E-state index contributed by atoms with van der Waals surface area (Å²) in [6.07, 6.45) is 0. The molecule has 0 bridgehead atoms. The first kappa shape index (κ1) is 25.4. The zero-order valence-corrected chi connectivity index (χ0v) is 24.2. The monoisotopic (exact) mass is 575 g/mol. The van der Waals surface area contributed by atoms with Gasteiger partial charge in [0, 0.05) is 33.0 Å². The van der Waals surface area contributed by atoms with Crippen LogP contribution in [-0.2, 0) is 0 Å². The second-order valence-electron chi connectivity index (χ2n) is 11.3. The van der Waals surface area contributed by atoms with Crippen LogP contribution in [0.1, 0.15) is 0 Å². The van der Waals surface area contributed by atoms with E-state index in [2.05, 4.69) is 109 Å². The Balaban J connectivity index is 1.23. The molecule has 0 atom stereocenters. The number of aromatic nitrogens is 3. The van der Waals surface area contributed by atoms with Crippen LogP contribution in [0.25, 0.3) is 88.8 Å². The molecule has 2 heterocycles. The highest BCUT2D eigenvalue weighted by Gasteiger charge is 2.16. The lowest BCUT2D eigenvalue weighted by Gasteiger charge is -2.10. The molecule has 0 aliphatic carbocycles. The van der Waals surface area contributed by atoms with E-state index >= 15 is 0 Å². The van der Waals surface area contributed by atoms with Crippen molar-refractivity contribution in [2.24, 2.45) is 0 Å². The third-order valence-corrected chi connectivity index (χ3v) is 8.51. The van der Waals surface area contributed by atoms with Crippen LogP contribution in [0.5, 0.6) is 0 Å². The van der Waals surface area contributed by atoms with Gasteiger partial charge in [-0.3, -0.25) is 0 Å². The highest BCUT2D eigenvalue weighted by molar-refractivity contribution is 6.10. The van der Waals surface area contributed by atoms with Crippen molar-refractivity contribution in [2.75, 3.05) is 0 Å². The SMILES string of the molecule is c1ccc(-c2nc(-c3ccc4c(c3)oc3c(-c5ccccc5)cccc34)nc(-c3ccc4ccc5ccccc5c4c3)n2)cc1. The molecule has 0 N–H and O–H groups in total. The van der Waals surface area contributed by atoms with Gasteiger partial charge in [0.2, 0.25) is 0 Å². The van der Waals surface area contributed by atoms with Crippen molar-refractivity contribution in [1.29, 1.82) is 0 Å². The predicted octanol–water partition coefficient (Wildman–Crippen LogP) is 10.7. The Morgan fingerprint density at radius 1 is 0.356 bits per heavy atom. The van der Waals surface area contributed by atoms with Gasteiger partial charge in [-0.25, -0.2) is 15.0 Å². The molecule has 0 fully saturated rings. The summed E-state index contributed by atoms with van der Waals surface area (Å²) in [6.45, 7) is 0. The summed E-state index contributed by atoms with van der Waals surface area (Å²) in [5.74, 6) is 1.86. The number of nitrogens with zero attached hydrogens (tertiary/aromatic N) is 3. The molecule has 210 valence electrons. The van der Waals surface area contributed by atoms with Crippen LogP contribution < -0.4 is 0 Å². The van der Waals surface area contributed by atoms with E-state index in [4.69, 9.17) is 19.4 Å². The van der Waals surface area contributed by atoms with Crippen molar-refractivity contribution >= 4 is 43.5 Å². The standard InChI is InChI=1S/C41H25N3O/c1-3-10-26(11-4-1)33-16-9-17-35-34-23-22-31(25-37(34)45-38(33)35)41-43-39(29-13-5-2-6-14-29)42-40(44-41)30-21-20-28-19-18-27-12-7-8-15-32(27)36(28)24-30/h1-25H. The number of fused-ring (bicyclic) bond motifs is 6. The van der Waals surface area contributed by atoms with Gasteiger partial charge in [-0.15, -0.1) is 0 Å². The lowest BCUT2D eigenvalue weighted by molar-refractivity contribution is 0.670. The van der Waals surface area contributed by atoms with Crippen molar-refractivity contribution in [2.45, 2.75) is 0 Å². The van der Waals surface area contributed by atoms with E-state index in [-0.39, 0.29) is 0 Å². The van der Waals surface area contributed by atoms with E-state index in [0.717, 1.165) is 49.8 Å². The summed E-state index contributed by atoms with van der Waals surface area (Å²) >= 11 is 0. The highest BCUT2D eigenvalue weighted by Crippen LogP contribution is 2.37. The number of benzene rings is 7. The number of hydrogen-bond donors (Lipinski definition) is 0. The molecule has 0 spiro atoms. The van der Waals surface area contributed by atoms with Crippen LogP contribution in [0, 0.1) is 0 Å². The van der Waals surface area contributed by atoms with Gasteiger partial charge in [0.1, 0.15) is 11.2 Å². The summed E-state index contributed by atoms with van der Waals surface area (Å²) in [5, 5.41) is 6.91. The number of hydrogen-bond acceptors (Lipinski definition) is 4. The molecule has 2 aromatic heterocycles. The van der Waals surface area contributed by atoms with E-state index in [0.29, 0.717) is 17.5 Å². The maximum Gasteiger partial charge on any atom is 0.164 e. The number of furan rings is 1. The van der Waals surface area contributed by atoms with Crippen LogP contribution in [0.3, 0.4) is 0 Å². The average molecular weight is 576 g/mol. The molecule has 4 heteroatoms. The Hall–Kier alpha value is -6.13. The molecule has 9 rings (SSSR count). The molecular formula is C41H25N3O. The second kappa shape index (κ2) is 10.2. The average Bonchev–Trinajstić information content (AvgIpc) is 3.50. The molecule has 0 radical (unpaired) electrons. The first-order valence-corrected chi connectivity index (χ1v) is 15.0. The molecule has 9 aromatic rings. The molecule has 7 aromatic carbocycles. The van der Waals surface area contributed by atoms with E-state index in [1.54, 1.807) is 0 Å². The van der Waals surface area contributed by atoms with E-state index in [1.165, 1.54) is 21.5 Å². The Kier molecular flexibility index (Phi) is 5.78. The molecule has 4 nitrogen and oxygen atoms in total. The maximum absolute atomic E-state index is 6.55. The zero-order chi connectivity index (χ0) is 29.7. The Morgan fingerprint density at radius 2 is 0.933 bits per heavy atom. The molecule has 0 saturated carbocycles. The van der Waals surface area contributed by atoms with Crippen LogP contribution in [0.2, 0.25) is 0 Å². The summed E-state index contributed by atoms with van der Waals surface area (Å²) in [4.78, 5) is 15.0. The molecule has 0 saturated heterocycles. The van der Waals surface area contributed by atoms with Crippen molar-refractivity contribution in [3.8, 4) is 45.3 Å². The van der Waals surface area contributed by atoms with Gasteiger partial charge in [-0.05, 0) is 45.3 Å². The van der Waals surface area contributed by atoms with E-state index in [1.807, 2.05) is 42.5 Å². The third kappa shape index (κ3) is 4.35. The van der Waals surface area contributed by atoms with Gasteiger partial charge in [0.05, 0.1) is 0 Å². The van der Waals surface area contributed by atoms with Crippen molar-refractivity contribution in [3.05, 3.63) is 152 Å². The fraction of sp³-hybridized carbons (Fsp3) is 0. The lowest BCUT2D eigenvalue weighted by Crippen LogP contribution is -2.00. The largest absolute Gasteiger partial charge is 0.455 e. The zero-order valence-electron chi connectivity index (χ0n) is 24.2. The summed E-state index contributed by atoms with van der Waals surface area (Å²) in [7, 11) is 0. The summed E-state index contributed by atoms with van der Waals surface area (Å²) < 4.78 is 6.55. The molecule has 0 unspecified atom stereocenters. The quantitative estimate of drug-likeness (QED) is 0.196. The normalized spacial score (nSPS) is 11.6. The van der Waals surface area contributed by atoms with Crippen LogP contribution in [-0.4, -0.2) is 15.0 Å². The minimum absolute atomic E-state index is 0.600. The predicted molar refractivity (Wildman–Crippen MR) is 184 cm³/mol. The molecule has 0 aliphatic heterocycles. The Labute approximate surface area is 259 Å². The number of rotatable bonds is 4. The van der Waals surface area contributed by atoms with Crippen molar-refractivity contribution in [3.63, 3.8) is 0 Å². The molecule has 0 aliphatic rings. The van der Waals surface area contributed by atoms with Gasteiger partial charge < -0.3 is 4.42 Å². The Morgan fingerprint density at radius 3 is 1.71 bits per heavy atom. The third-order valence-electron chi connectivity index (χ3n) is 8.51. The number of para-hydroxylation sites is 1. The van der Waals surface area contributed by atoms with Gasteiger partial charge in [0.25, 0.3) is 0 Å².